The number of benzene rings is 2. The number of hydrogen-bond donors (Lipinski definition) is 3. The molecule has 1 heterocycles. The van der Waals surface area contributed by atoms with Crippen molar-refractivity contribution < 1.29 is 31.8 Å². The van der Waals surface area contributed by atoms with Gasteiger partial charge in [0.2, 0.25) is 0 Å². The van der Waals surface area contributed by atoms with Crippen molar-refractivity contribution in [3.8, 4) is 0 Å². The van der Waals surface area contributed by atoms with E-state index in [1.165, 1.54) is 30.3 Å². The third-order valence-corrected chi connectivity index (χ3v) is 9.00. The molecule has 1 atom stereocenters. The molecule has 10 heteroatoms. The van der Waals surface area contributed by atoms with E-state index in [-0.39, 0.29) is 33.9 Å². The van der Waals surface area contributed by atoms with Crippen LogP contribution in [0.1, 0.15) is 48.4 Å². The van der Waals surface area contributed by atoms with Crippen LogP contribution in [-0.2, 0) is 19.4 Å². The fourth-order valence-electron chi connectivity index (χ4n) is 3.53. The normalized spacial score (nSPS) is 18.5. The molecule has 32 heavy (non-hydrogen) atoms. The van der Waals surface area contributed by atoms with Gasteiger partial charge in [0, 0.05) is 17.7 Å². The maximum atomic E-state index is 13.3. The van der Waals surface area contributed by atoms with Gasteiger partial charge in [-0.2, -0.15) is 10.6 Å². The van der Waals surface area contributed by atoms with E-state index in [0.717, 1.165) is 0 Å². The van der Waals surface area contributed by atoms with Crippen molar-refractivity contribution in [1.82, 2.24) is 5.32 Å². The van der Waals surface area contributed by atoms with Gasteiger partial charge in [0.25, 0.3) is 5.91 Å². The Morgan fingerprint density at radius 1 is 1.09 bits per heavy atom. The predicted octanol–water partition coefficient (Wildman–Crippen LogP) is 3.79. The zero-order valence-electron chi connectivity index (χ0n) is 18.1. The highest BCUT2D eigenvalue weighted by Crippen LogP contribution is 2.62. The maximum absolute atomic E-state index is 13.3. The van der Waals surface area contributed by atoms with E-state index < -0.39 is 48.9 Å². The second-order valence-electron chi connectivity index (χ2n) is 8.49. The fourth-order valence-corrected chi connectivity index (χ4v) is 7.99. The van der Waals surface area contributed by atoms with Crippen molar-refractivity contribution in [2.24, 2.45) is 0 Å². The number of nitrogens with one attached hydrogen (secondary N) is 1. The number of sulfone groups is 1. The molecule has 2 aromatic rings. The molecule has 0 aliphatic carbocycles. The molecular formula is C22H27NO7S2. The first-order valence-electron chi connectivity index (χ1n) is 10.0. The Balaban J connectivity index is 1.88. The summed E-state index contributed by atoms with van der Waals surface area (Å²) in [4.78, 5) is 24.8. The molecule has 8 nitrogen and oxygen atoms in total. The van der Waals surface area contributed by atoms with Gasteiger partial charge in [-0.3, -0.25) is 18.7 Å². The number of rotatable bonds is 6. The average molecular weight is 482 g/mol. The van der Waals surface area contributed by atoms with Crippen LogP contribution >= 0.6 is 10.6 Å². The Morgan fingerprint density at radius 3 is 2.38 bits per heavy atom. The summed E-state index contributed by atoms with van der Waals surface area (Å²) in [5.74, 6) is -1.49. The molecule has 1 unspecified atom stereocenters. The lowest BCUT2D eigenvalue weighted by atomic mass is 10.0. The summed E-state index contributed by atoms with van der Waals surface area (Å²) in [5, 5.41) is 1.32. The van der Waals surface area contributed by atoms with Crippen LogP contribution in [0, 0.1) is 0 Å². The minimum Gasteiger partial charge on any atom is -0.460 e. The van der Waals surface area contributed by atoms with Crippen LogP contribution in [0.2, 0.25) is 0 Å². The highest BCUT2D eigenvalue weighted by Gasteiger charge is 2.45. The van der Waals surface area contributed by atoms with Gasteiger partial charge in [0.1, 0.15) is 10.9 Å². The molecule has 0 radical (unpaired) electrons. The van der Waals surface area contributed by atoms with Gasteiger partial charge >= 0.3 is 5.97 Å². The zero-order valence-corrected chi connectivity index (χ0v) is 19.7. The summed E-state index contributed by atoms with van der Waals surface area (Å²) in [7, 11) is -7.38. The monoisotopic (exact) mass is 481 g/mol. The molecular weight excluding hydrogens is 454 g/mol. The summed E-state index contributed by atoms with van der Waals surface area (Å²) < 4.78 is 52.9. The topological polar surface area (TPSA) is 130 Å². The average Bonchev–Trinajstić information content (AvgIpc) is 2.99. The molecule has 3 N–H and O–H groups in total. The number of hydrogen-bond acceptors (Lipinski definition) is 7. The van der Waals surface area contributed by atoms with E-state index >= 15 is 0 Å². The summed E-state index contributed by atoms with van der Waals surface area (Å²) in [5.41, 5.74) is -0.519. The predicted molar refractivity (Wildman–Crippen MR) is 122 cm³/mol. The van der Waals surface area contributed by atoms with Crippen LogP contribution in [0.15, 0.2) is 58.3 Å². The van der Waals surface area contributed by atoms with Gasteiger partial charge < -0.3 is 10.1 Å². The third-order valence-electron chi connectivity index (χ3n) is 4.85. The van der Waals surface area contributed by atoms with Crippen molar-refractivity contribution in [2.45, 2.75) is 47.8 Å². The van der Waals surface area contributed by atoms with E-state index in [0.29, 0.717) is 0 Å². The van der Waals surface area contributed by atoms with Gasteiger partial charge in [-0.15, -0.1) is 0 Å². The van der Waals surface area contributed by atoms with Crippen LogP contribution in [0.3, 0.4) is 0 Å². The molecule has 1 aliphatic heterocycles. The minimum absolute atomic E-state index is 0.0102. The first kappa shape index (κ1) is 24.2. The quantitative estimate of drug-likeness (QED) is 0.535. The molecule has 0 bridgehead atoms. The van der Waals surface area contributed by atoms with E-state index in [1.54, 1.807) is 39.0 Å². The molecule has 0 aromatic heterocycles. The van der Waals surface area contributed by atoms with E-state index in [4.69, 9.17) is 4.74 Å². The van der Waals surface area contributed by atoms with E-state index in [2.05, 4.69) is 5.32 Å². The van der Waals surface area contributed by atoms with Crippen LogP contribution in [0.5, 0.6) is 0 Å². The fraction of sp³-hybridized carbons (Fsp3) is 0.364. The van der Waals surface area contributed by atoms with Gasteiger partial charge in [-0.25, -0.2) is 8.42 Å². The molecule has 3 rings (SSSR count). The summed E-state index contributed by atoms with van der Waals surface area (Å²) in [6.07, 6.45) is -0.0566. The van der Waals surface area contributed by atoms with Crippen molar-refractivity contribution in [3.05, 3.63) is 59.7 Å². The maximum Gasteiger partial charge on any atom is 0.308 e. The molecule has 0 spiro atoms. The Morgan fingerprint density at radius 2 is 1.75 bits per heavy atom. The number of esters is 1. The molecule has 2 aromatic carbocycles. The summed E-state index contributed by atoms with van der Waals surface area (Å²) in [6.45, 7) is 5.21. The standard InChI is InChI=1S/C22H27NO7S2/c1-22(2,3)30-19(24)12-13-23-21(25)16-10-7-11-17-20(16)18(14-31(17,26)27)32(28,29)15-8-5-4-6-9-15/h4-11,18,26-27H,12-14H2,1-3H3,(H,23,25). The van der Waals surface area contributed by atoms with Gasteiger partial charge in [-0.1, -0.05) is 24.3 Å². The van der Waals surface area contributed by atoms with Crippen molar-refractivity contribution in [1.29, 1.82) is 0 Å². The van der Waals surface area contributed by atoms with Crippen molar-refractivity contribution >= 4 is 32.3 Å². The highest BCUT2D eigenvalue weighted by atomic mass is 32.3. The lowest BCUT2D eigenvalue weighted by Crippen LogP contribution is -2.30. The smallest absolute Gasteiger partial charge is 0.308 e. The zero-order chi connectivity index (χ0) is 23.7. The van der Waals surface area contributed by atoms with Crippen molar-refractivity contribution in [2.75, 3.05) is 12.3 Å². The molecule has 0 saturated heterocycles. The van der Waals surface area contributed by atoms with Gasteiger partial charge in [-0.05, 0) is 45.0 Å². The van der Waals surface area contributed by atoms with Gasteiger partial charge in [0.05, 0.1) is 22.0 Å². The first-order chi connectivity index (χ1) is 14.8. The number of ether oxygens (including phenoxy) is 1. The molecule has 174 valence electrons. The van der Waals surface area contributed by atoms with Crippen molar-refractivity contribution in [3.63, 3.8) is 0 Å². The van der Waals surface area contributed by atoms with E-state index in [1.807, 2.05) is 0 Å². The van der Waals surface area contributed by atoms with Gasteiger partial charge in [0.15, 0.2) is 9.84 Å². The summed E-state index contributed by atoms with van der Waals surface area (Å²) in [6, 6.07) is 12.1. The molecule has 0 fully saturated rings. The van der Waals surface area contributed by atoms with Crippen LogP contribution in [0.4, 0.5) is 0 Å². The molecule has 1 amide bonds. The number of carbonyl (C=O) groups is 2. The Kier molecular flexibility index (Phi) is 6.71. The minimum atomic E-state index is -3.99. The second-order valence-corrected chi connectivity index (χ2v) is 12.7. The Bertz CT molecular complexity index is 1120. The SMILES string of the molecule is CC(C)(C)OC(=O)CCNC(=O)c1cccc2c1C(S(=O)(=O)c1ccccc1)CS2(O)O. The molecule has 0 saturated carbocycles. The van der Waals surface area contributed by atoms with Crippen LogP contribution < -0.4 is 5.32 Å². The largest absolute Gasteiger partial charge is 0.460 e. The first-order valence-corrected chi connectivity index (χ1v) is 13.3. The van der Waals surface area contributed by atoms with E-state index in [9.17, 15) is 27.1 Å². The summed E-state index contributed by atoms with van der Waals surface area (Å²) >= 11 is 0. The number of fused-ring (bicyclic) bond motifs is 1. The Labute approximate surface area is 189 Å². The third kappa shape index (κ3) is 5.15. The lowest BCUT2D eigenvalue weighted by Gasteiger charge is -2.27. The highest BCUT2D eigenvalue weighted by molar-refractivity contribution is 8.25. The second kappa shape index (κ2) is 8.86. The van der Waals surface area contributed by atoms with Crippen LogP contribution in [-0.4, -0.2) is 47.3 Å². The lowest BCUT2D eigenvalue weighted by molar-refractivity contribution is -0.154. The number of amides is 1. The van der Waals surface area contributed by atoms with Crippen LogP contribution in [0.25, 0.3) is 0 Å². The Hall–Kier alpha value is -2.40. The number of carbonyl (C=O) groups excluding carboxylic acids is 2. The molecule has 1 aliphatic rings.